The quantitative estimate of drug-likeness (QED) is 0.738. The van der Waals surface area contributed by atoms with Crippen molar-refractivity contribution in [2.24, 2.45) is 0 Å². The summed E-state index contributed by atoms with van der Waals surface area (Å²) in [5, 5.41) is 2.72. The van der Waals surface area contributed by atoms with E-state index in [1.165, 1.54) is 7.11 Å². The number of nitrogens with zero attached hydrogens (tertiary/aromatic N) is 1. The number of methoxy groups -OCH3 is 2. The molecule has 0 aromatic heterocycles. The lowest BCUT2D eigenvalue weighted by atomic mass is 10.2. The van der Waals surface area contributed by atoms with Crippen molar-refractivity contribution in [3.63, 3.8) is 0 Å². The Balaban J connectivity index is 1.98. The molecule has 2 aromatic rings. The molecule has 0 aliphatic carbocycles. The Labute approximate surface area is 153 Å². The Hall–Kier alpha value is -3.02. The largest absolute Gasteiger partial charge is 0.497 e. The molecule has 0 aliphatic heterocycles. The number of benzene rings is 2. The minimum absolute atomic E-state index is 0.221. The van der Waals surface area contributed by atoms with Crippen molar-refractivity contribution in [3.05, 3.63) is 54.1 Å². The van der Waals surface area contributed by atoms with Crippen molar-refractivity contribution in [1.29, 1.82) is 0 Å². The second kappa shape index (κ2) is 9.46. The number of hydrogen-bond acceptors (Lipinski definition) is 4. The maximum Gasteiger partial charge on any atom is 0.233 e. The summed E-state index contributed by atoms with van der Waals surface area (Å²) < 4.78 is 10.4. The van der Waals surface area contributed by atoms with Crippen LogP contribution < -0.4 is 14.8 Å². The molecule has 0 saturated heterocycles. The number of carbonyl (C=O) groups is 2. The molecule has 0 aliphatic rings. The van der Waals surface area contributed by atoms with Crippen LogP contribution in [0.4, 0.5) is 5.69 Å². The van der Waals surface area contributed by atoms with Gasteiger partial charge < -0.3 is 19.7 Å². The fraction of sp³-hybridized carbons (Fsp3) is 0.300. The van der Waals surface area contributed by atoms with E-state index in [0.29, 0.717) is 30.3 Å². The molecule has 0 fully saturated rings. The van der Waals surface area contributed by atoms with Crippen LogP contribution >= 0.6 is 0 Å². The van der Waals surface area contributed by atoms with Crippen molar-refractivity contribution in [3.8, 4) is 11.5 Å². The van der Waals surface area contributed by atoms with Gasteiger partial charge in [0.1, 0.15) is 17.9 Å². The minimum Gasteiger partial charge on any atom is -0.497 e. The zero-order valence-corrected chi connectivity index (χ0v) is 15.3. The molecule has 0 heterocycles. The van der Waals surface area contributed by atoms with Crippen LogP contribution in [0.5, 0.6) is 11.5 Å². The van der Waals surface area contributed by atoms with Gasteiger partial charge in [-0.1, -0.05) is 30.3 Å². The number of anilines is 1. The molecule has 2 amide bonds. The van der Waals surface area contributed by atoms with Crippen molar-refractivity contribution in [2.45, 2.75) is 19.9 Å². The first kappa shape index (κ1) is 19.3. The van der Waals surface area contributed by atoms with Gasteiger partial charge in [-0.15, -0.1) is 0 Å². The van der Waals surface area contributed by atoms with Gasteiger partial charge in [-0.3, -0.25) is 9.59 Å². The Morgan fingerprint density at radius 3 is 2.38 bits per heavy atom. The summed E-state index contributed by atoms with van der Waals surface area (Å²) in [5.74, 6) is 0.490. The fourth-order valence-corrected chi connectivity index (χ4v) is 2.53. The lowest BCUT2D eigenvalue weighted by Crippen LogP contribution is -2.33. The number of ether oxygens (including phenoxy) is 2. The van der Waals surface area contributed by atoms with Gasteiger partial charge in [-0.2, -0.15) is 0 Å². The summed E-state index contributed by atoms with van der Waals surface area (Å²) in [6.07, 6.45) is -0.226. The Morgan fingerprint density at radius 2 is 1.77 bits per heavy atom. The molecule has 1 N–H and O–H groups in total. The second-order valence-electron chi connectivity index (χ2n) is 5.68. The number of amides is 2. The highest BCUT2D eigenvalue weighted by Crippen LogP contribution is 2.29. The molecule has 2 rings (SSSR count). The van der Waals surface area contributed by atoms with Crippen LogP contribution in [0.25, 0.3) is 0 Å². The van der Waals surface area contributed by atoms with E-state index < -0.39 is 0 Å². The normalized spacial score (nSPS) is 10.1. The maximum atomic E-state index is 12.4. The summed E-state index contributed by atoms with van der Waals surface area (Å²) in [6.45, 7) is 2.91. The van der Waals surface area contributed by atoms with E-state index in [1.54, 1.807) is 30.2 Å². The SMILES string of the molecule is CCN(Cc1ccccc1)C(=O)CC(=O)Nc1ccc(OC)cc1OC. The Morgan fingerprint density at radius 1 is 1.04 bits per heavy atom. The molecule has 0 saturated carbocycles. The van der Waals surface area contributed by atoms with Gasteiger partial charge in [0.05, 0.1) is 19.9 Å². The van der Waals surface area contributed by atoms with Crippen molar-refractivity contribution >= 4 is 17.5 Å². The van der Waals surface area contributed by atoms with Crippen LogP contribution in [-0.2, 0) is 16.1 Å². The first-order valence-electron chi connectivity index (χ1n) is 8.41. The number of rotatable bonds is 8. The van der Waals surface area contributed by atoms with Crippen LogP contribution in [0.2, 0.25) is 0 Å². The third-order valence-electron chi connectivity index (χ3n) is 3.95. The third-order valence-corrected chi connectivity index (χ3v) is 3.95. The van der Waals surface area contributed by atoms with E-state index in [1.807, 2.05) is 37.3 Å². The molecule has 26 heavy (non-hydrogen) atoms. The predicted octanol–water partition coefficient (Wildman–Crippen LogP) is 3.08. The van der Waals surface area contributed by atoms with E-state index >= 15 is 0 Å². The zero-order chi connectivity index (χ0) is 18.9. The molecular weight excluding hydrogens is 332 g/mol. The standard InChI is InChI=1S/C20H24N2O4/c1-4-22(14-15-8-6-5-7-9-15)20(24)13-19(23)21-17-11-10-16(25-2)12-18(17)26-3/h5-12H,4,13-14H2,1-3H3,(H,21,23). The monoisotopic (exact) mass is 356 g/mol. The molecule has 6 heteroatoms. The van der Waals surface area contributed by atoms with E-state index in [2.05, 4.69) is 5.32 Å². The number of carbonyl (C=O) groups excluding carboxylic acids is 2. The average Bonchev–Trinajstić information content (AvgIpc) is 2.67. The summed E-state index contributed by atoms with van der Waals surface area (Å²) in [5.41, 5.74) is 1.53. The highest BCUT2D eigenvalue weighted by atomic mass is 16.5. The summed E-state index contributed by atoms with van der Waals surface area (Å²) >= 11 is 0. The average molecular weight is 356 g/mol. The summed E-state index contributed by atoms with van der Waals surface area (Å²) in [6, 6.07) is 14.8. The zero-order valence-electron chi connectivity index (χ0n) is 15.3. The molecule has 6 nitrogen and oxygen atoms in total. The molecule has 0 atom stereocenters. The van der Waals surface area contributed by atoms with Gasteiger partial charge >= 0.3 is 0 Å². The molecule has 2 aromatic carbocycles. The summed E-state index contributed by atoms with van der Waals surface area (Å²) in [4.78, 5) is 26.4. The second-order valence-corrected chi connectivity index (χ2v) is 5.68. The molecule has 0 bridgehead atoms. The van der Waals surface area contributed by atoms with Crippen LogP contribution in [-0.4, -0.2) is 37.5 Å². The van der Waals surface area contributed by atoms with Gasteiger partial charge in [-0.25, -0.2) is 0 Å². The first-order valence-corrected chi connectivity index (χ1v) is 8.41. The highest BCUT2D eigenvalue weighted by Gasteiger charge is 2.17. The lowest BCUT2D eigenvalue weighted by Gasteiger charge is -2.21. The predicted molar refractivity (Wildman–Crippen MR) is 100 cm³/mol. The van der Waals surface area contributed by atoms with Crippen molar-refractivity contribution in [1.82, 2.24) is 4.90 Å². The third kappa shape index (κ3) is 5.24. The topological polar surface area (TPSA) is 67.9 Å². The van der Waals surface area contributed by atoms with Crippen LogP contribution in [0.3, 0.4) is 0 Å². The summed E-state index contributed by atoms with van der Waals surface area (Å²) in [7, 11) is 3.06. The van der Waals surface area contributed by atoms with Crippen LogP contribution in [0.15, 0.2) is 48.5 Å². The highest BCUT2D eigenvalue weighted by molar-refractivity contribution is 6.04. The van der Waals surface area contributed by atoms with Crippen molar-refractivity contribution < 1.29 is 19.1 Å². The molecule has 0 spiro atoms. The maximum absolute atomic E-state index is 12.4. The first-order chi connectivity index (χ1) is 12.6. The number of hydrogen-bond donors (Lipinski definition) is 1. The Bertz CT molecular complexity index is 747. The molecule has 138 valence electrons. The minimum atomic E-state index is -0.384. The van der Waals surface area contributed by atoms with Gasteiger partial charge in [0.25, 0.3) is 0 Å². The van der Waals surface area contributed by atoms with E-state index in [4.69, 9.17) is 9.47 Å². The number of nitrogens with one attached hydrogen (secondary N) is 1. The van der Waals surface area contributed by atoms with Crippen LogP contribution in [0.1, 0.15) is 18.9 Å². The molecule has 0 unspecified atom stereocenters. The van der Waals surface area contributed by atoms with E-state index in [9.17, 15) is 9.59 Å². The van der Waals surface area contributed by atoms with Crippen molar-refractivity contribution in [2.75, 3.05) is 26.1 Å². The Kier molecular flexibility index (Phi) is 7.02. The lowest BCUT2D eigenvalue weighted by molar-refractivity contribution is -0.134. The van der Waals surface area contributed by atoms with Gasteiger partial charge in [0, 0.05) is 19.2 Å². The van der Waals surface area contributed by atoms with Gasteiger partial charge in [0.2, 0.25) is 11.8 Å². The van der Waals surface area contributed by atoms with Gasteiger partial charge in [-0.05, 0) is 24.6 Å². The fourth-order valence-electron chi connectivity index (χ4n) is 2.53. The molecule has 0 radical (unpaired) electrons. The van der Waals surface area contributed by atoms with E-state index in [0.717, 1.165) is 5.56 Å². The van der Waals surface area contributed by atoms with Gasteiger partial charge in [0.15, 0.2) is 0 Å². The smallest absolute Gasteiger partial charge is 0.233 e. The molecular formula is C20H24N2O4. The van der Waals surface area contributed by atoms with Crippen LogP contribution in [0, 0.1) is 0 Å². The van der Waals surface area contributed by atoms with E-state index in [-0.39, 0.29) is 18.2 Å².